The molecule has 0 saturated carbocycles. The van der Waals surface area contributed by atoms with Crippen LogP contribution in [-0.2, 0) is 4.79 Å². The monoisotopic (exact) mass is 436 g/mol. The molecule has 3 aromatic carbocycles. The van der Waals surface area contributed by atoms with Crippen LogP contribution in [0, 0.1) is 11.3 Å². The first-order valence-electron chi connectivity index (χ1n) is 8.72. The highest BCUT2D eigenvalue weighted by atomic mass is 35.5. The maximum Gasteiger partial charge on any atom is 0.343 e. The minimum atomic E-state index is -0.609. The summed E-state index contributed by atoms with van der Waals surface area (Å²) in [7, 11) is 0. The summed E-state index contributed by atoms with van der Waals surface area (Å²) in [5, 5.41) is 12.1. The number of nitriles is 1. The van der Waals surface area contributed by atoms with Gasteiger partial charge in [0.05, 0.1) is 15.6 Å². The molecule has 0 aliphatic carbocycles. The van der Waals surface area contributed by atoms with Crippen LogP contribution >= 0.6 is 23.2 Å². The predicted molar refractivity (Wildman–Crippen MR) is 117 cm³/mol. The molecule has 3 rings (SSSR count). The van der Waals surface area contributed by atoms with Crippen LogP contribution < -0.4 is 10.1 Å². The number of ether oxygens (including phenoxy) is 1. The Hall–Kier alpha value is -3.59. The van der Waals surface area contributed by atoms with Crippen LogP contribution in [0.25, 0.3) is 6.08 Å². The summed E-state index contributed by atoms with van der Waals surface area (Å²) in [6, 6.07) is 21.9. The van der Waals surface area contributed by atoms with E-state index in [2.05, 4.69) is 5.32 Å². The summed E-state index contributed by atoms with van der Waals surface area (Å²) in [6.07, 6.45) is 1.35. The quantitative estimate of drug-likeness (QED) is 0.238. The summed E-state index contributed by atoms with van der Waals surface area (Å²) >= 11 is 12.5. The zero-order valence-corrected chi connectivity index (χ0v) is 16.9. The van der Waals surface area contributed by atoms with Gasteiger partial charge in [0.2, 0.25) is 0 Å². The number of para-hydroxylation sites is 1. The number of benzene rings is 3. The van der Waals surface area contributed by atoms with Gasteiger partial charge in [-0.1, -0.05) is 59.6 Å². The second kappa shape index (κ2) is 9.75. The molecule has 1 amide bonds. The summed E-state index contributed by atoms with van der Waals surface area (Å²) in [5.41, 5.74) is 1.17. The molecular formula is C23H14Cl2N2O3. The fourth-order valence-corrected chi connectivity index (χ4v) is 3.10. The second-order valence-electron chi connectivity index (χ2n) is 6.06. The number of rotatable bonds is 5. The Morgan fingerprint density at radius 3 is 2.07 bits per heavy atom. The normalized spacial score (nSPS) is 10.8. The number of hydrogen-bond acceptors (Lipinski definition) is 4. The van der Waals surface area contributed by atoms with Gasteiger partial charge in [-0.3, -0.25) is 4.79 Å². The standard InChI is InChI=1S/C23H14Cl2N2O3/c24-19-12-15(11-17(14-26)22(28)27-18-9-5-2-6-10-18)13-20(25)21(19)30-23(29)16-7-3-1-4-8-16/h1-13H,(H,27,28)/b17-11+. The zero-order chi connectivity index (χ0) is 21.5. The van der Waals surface area contributed by atoms with E-state index in [9.17, 15) is 14.9 Å². The third-order valence-corrected chi connectivity index (χ3v) is 4.49. The van der Waals surface area contributed by atoms with Gasteiger partial charge >= 0.3 is 5.97 Å². The Kier molecular flexibility index (Phi) is 6.87. The van der Waals surface area contributed by atoms with Crippen molar-refractivity contribution in [3.8, 4) is 11.8 Å². The highest BCUT2D eigenvalue weighted by molar-refractivity contribution is 6.37. The molecule has 0 aliphatic heterocycles. The fourth-order valence-electron chi connectivity index (χ4n) is 2.52. The first kappa shape index (κ1) is 21.1. The summed E-state index contributed by atoms with van der Waals surface area (Å²) in [4.78, 5) is 24.6. The number of halogens is 2. The summed E-state index contributed by atoms with van der Waals surface area (Å²) < 4.78 is 5.31. The molecule has 7 heteroatoms. The molecule has 148 valence electrons. The lowest BCUT2D eigenvalue weighted by Gasteiger charge is -2.10. The van der Waals surface area contributed by atoms with Crippen molar-refractivity contribution in [2.45, 2.75) is 0 Å². The number of carbonyl (C=O) groups excluding carboxylic acids is 2. The average molecular weight is 437 g/mol. The van der Waals surface area contributed by atoms with Crippen molar-refractivity contribution in [3.05, 3.63) is 99.5 Å². The molecule has 1 N–H and O–H groups in total. The minimum Gasteiger partial charge on any atom is -0.420 e. The smallest absolute Gasteiger partial charge is 0.343 e. The van der Waals surface area contributed by atoms with E-state index in [-0.39, 0.29) is 21.4 Å². The van der Waals surface area contributed by atoms with E-state index >= 15 is 0 Å². The van der Waals surface area contributed by atoms with Gasteiger partial charge in [-0.25, -0.2) is 4.79 Å². The highest BCUT2D eigenvalue weighted by Crippen LogP contribution is 2.35. The molecule has 0 saturated heterocycles. The molecule has 0 radical (unpaired) electrons. The molecule has 0 heterocycles. The minimum absolute atomic E-state index is 0.00317. The Morgan fingerprint density at radius 1 is 0.933 bits per heavy atom. The highest BCUT2D eigenvalue weighted by Gasteiger charge is 2.16. The maximum absolute atomic E-state index is 12.3. The molecule has 0 bridgehead atoms. The Labute approximate surface area is 183 Å². The van der Waals surface area contributed by atoms with E-state index in [0.717, 1.165) is 0 Å². The molecule has 30 heavy (non-hydrogen) atoms. The summed E-state index contributed by atoms with van der Waals surface area (Å²) in [6.45, 7) is 0. The van der Waals surface area contributed by atoms with E-state index in [0.29, 0.717) is 16.8 Å². The van der Waals surface area contributed by atoms with Crippen molar-refractivity contribution < 1.29 is 14.3 Å². The average Bonchev–Trinajstić information content (AvgIpc) is 2.75. The van der Waals surface area contributed by atoms with Crippen molar-refractivity contribution in [2.24, 2.45) is 0 Å². The first-order chi connectivity index (χ1) is 14.5. The lowest BCUT2D eigenvalue weighted by atomic mass is 10.1. The van der Waals surface area contributed by atoms with Crippen molar-refractivity contribution in [3.63, 3.8) is 0 Å². The lowest BCUT2D eigenvalue weighted by molar-refractivity contribution is -0.112. The molecule has 0 atom stereocenters. The van der Waals surface area contributed by atoms with Gasteiger partial charge in [-0.15, -0.1) is 0 Å². The molecule has 0 unspecified atom stereocenters. The second-order valence-corrected chi connectivity index (χ2v) is 6.87. The molecule has 0 aliphatic rings. The third-order valence-electron chi connectivity index (χ3n) is 3.93. The zero-order valence-electron chi connectivity index (χ0n) is 15.4. The summed E-state index contributed by atoms with van der Waals surface area (Å²) in [5.74, 6) is -1.19. The Balaban J connectivity index is 1.82. The molecule has 5 nitrogen and oxygen atoms in total. The van der Waals surface area contributed by atoms with Crippen molar-refractivity contribution in [1.82, 2.24) is 0 Å². The van der Waals surface area contributed by atoms with E-state index < -0.39 is 11.9 Å². The number of anilines is 1. The van der Waals surface area contributed by atoms with E-state index in [4.69, 9.17) is 27.9 Å². The van der Waals surface area contributed by atoms with E-state index in [1.165, 1.54) is 18.2 Å². The van der Waals surface area contributed by atoms with Gasteiger partial charge in [0.25, 0.3) is 5.91 Å². The predicted octanol–water partition coefficient (Wildman–Crippen LogP) is 5.76. The van der Waals surface area contributed by atoms with Crippen molar-refractivity contribution in [1.29, 1.82) is 5.26 Å². The largest absolute Gasteiger partial charge is 0.420 e. The molecule has 0 spiro atoms. The Morgan fingerprint density at radius 2 is 1.50 bits per heavy atom. The number of nitrogens with zero attached hydrogens (tertiary/aromatic N) is 1. The van der Waals surface area contributed by atoms with Gasteiger partial charge in [-0.2, -0.15) is 5.26 Å². The van der Waals surface area contributed by atoms with Gasteiger partial charge in [0.15, 0.2) is 5.75 Å². The van der Waals surface area contributed by atoms with Crippen LogP contribution in [0.1, 0.15) is 15.9 Å². The fraction of sp³-hybridized carbons (Fsp3) is 0. The number of nitrogens with one attached hydrogen (secondary N) is 1. The number of amides is 1. The Bertz CT molecular complexity index is 1130. The number of hydrogen-bond donors (Lipinski definition) is 1. The molecule has 3 aromatic rings. The van der Waals surface area contributed by atoms with Crippen molar-refractivity contribution >= 4 is 46.8 Å². The van der Waals surface area contributed by atoms with E-state index in [1.54, 1.807) is 54.6 Å². The van der Waals surface area contributed by atoms with Gasteiger partial charge in [0, 0.05) is 5.69 Å². The van der Waals surface area contributed by atoms with E-state index in [1.807, 2.05) is 12.1 Å². The topological polar surface area (TPSA) is 79.2 Å². The van der Waals surface area contributed by atoms with Crippen LogP contribution in [0.15, 0.2) is 78.4 Å². The van der Waals surface area contributed by atoms with Crippen LogP contribution in [0.5, 0.6) is 5.75 Å². The SMILES string of the molecule is N#C/C(=C\c1cc(Cl)c(OC(=O)c2ccccc2)c(Cl)c1)C(=O)Nc1ccccc1. The first-order valence-corrected chi connectivity index (χ1v) is 9.48. The van der Waals surface area contributed by atoms with Gasteiger partial charge < -0.3 is 10.1 Å². The van der Waals surface area contributed by atoms with Crippen molar-refractivity contribution in [2.75, 3.05) is 5.32 Å². The maximum atomic E-state index is 12.3. The third kappa shape index (κ3) is 5.26. The van der Waals surface area contributed by atoms with Crippen LogP contribution in [0.3, 0.4) is 0 Å². The number of esters is 1. The number of carbonyl (C=O) groups is 2. The van der Waals surface area contributed by atoms with Gasteiger partial charge in [-0.05, 0) is 48.0 Å². The van der Waals surface area contributed by atoms with Gasteiger partial charge in [0.1, 0.15) is 11.6 Å². The van der Waals surface area contributed by atoms with Crippen LogP contribution in [0.4, 0.5) is 5.69 Å². The lowest BCUT2D eigenvalue weighted by Crippen LogP contribution is -2.13. The van der Waals surface area contributed by atoms with Crippen LogP contribution in [-0.4, -0.2) is 11.9 Å². The molecule has 0 aromatic heterocycles. The molecule has 0 fully saturated rings. The van der Waals surface area contributed by atoms with Crippen LogP contribution in [0.2, 0.25) is 10.0 Å². The molecular weight excluding hydrogens is 423 g/mol.